The van der Waals surface area contributed by atoms with Crippen LogP contribution in [0.25, 0.3) is 11.1 Å². The molecule has 2 unspecified atom stereocenters. The molecule has 1 aliphatic carbocycles. The number of benzene rings is 3. The van der Waals surface area contributed by atoms with Crippen molar-refractivity contribution in [2.75, 3.05) is 0 Å². The molecule has 4 rings (SSSR count). The molecule has 0 saturated heterocycles. The second-order valence-corrected chi connectivity index (χ2v) is 12.2. The maximum atomic E-state index is 3.69. The minimum absolute atomic E-state index is 0.135. The Bertz CT molecular complexity index is 1110. The average molecular weight is 476 g/mol. The monoisotopic (exact) mass is 474 g/mol. The summed E-state index contributed by atoms with van der Waals surface area (Å²) in [4.78, 5) is 0. The van der Waals surface area contributed by atoms with Gasteiger partial charge in [-0.3, -0.25) is 0 Å². The minimum Gasteiger partial charge on any atom is -0.0609 e. The molecule has 0 spiro atoms. The largest absolute Gasteiger partial charge is 0.0609 e. The maximum absolute atomic E-state index is 3.69. The van der Waals surface area contributed by atoms with Crippen LogP contribution in [0.1, 0.15) is 88.1 Å². The van der Waals surface area contributed by atoms with Gasteiger partial charge in [-0.15, -0.1) is 0 Å². The predicted molar refractivity (Wildman–Crippen MR) is 138 cm³/mol. The van der Waals surface area contributed by atoms with Crippen molar-refractivity contribution in [3.8, 4) is 11.1 Å². The number of hydrogen-bond acceptors (Lipinski definition) is 0. The molecule has 162 valence electrons. The highest BCUT2D eigenvalue weighted by atomic mass is 79.9. The highest BCUT2D eigenvalue weighted by molar-refractivity contribution is 9.10. The van der Waals surface area contributed by atoms with Crippen LogP contribution in [0.2, 0.25) is 0 Å². The summed E-state index contributed by atoms with van der Waals surface area (Å²) in [6, 6.07) is 23.3. The van der Waals surface area contributed by atoms with E-state index in [0.29, 0.717) is 11.8 Å². The third-order valence-electron chi connectivity index (χ3n) is 7.00. The fraction of sp³-hybridized carbons (Fsp3) is 0.400. The maximum Gasteiger partial charge on any atom is 0.0178 e. The second-order valence-electron chi connectivity index (χ2n) is 11.3. The lowest BCUT2D eigenvalue weighted by Gasteiger charge is -2.26. The van der Waals surface area contributed by atoms with Crippen LogP contribution in [0.15, 0.2) is 65.1 Å². The van der Waals surface area contributed by atoms with Gasteiger partial charge in [-0.25, -0.2) is 0 Å². The predicted octanol–water partition coefficient (Wildman–Crippen LogP) is 9.15. The van der Waals surface area contributed by atoms with E-state index >= 15 is 0 Å². The molecule has 0 saturated carbocycles. The highest BCUT2D eigenvalue weighted by Crippen LogP contribution is 2.47. The summed E-state index contributed by atoms with van der Waals surface area (Å²) < 4.78 is 1.16. The van der Waals surface area contributed by atoms with E-state index in [0.717, 1.165) is 10.9 Å². The number of halogens is 1. The standard InChI is InChI=1S/C30H35Br/c1-19-25-14-13-23(30(5,6)7)18-28(25)27-17-22(29(2,3)4)12-11-21(27)16-26(19)20-9-8-10-24(31)15-20/h8-15,17-19,26H,16H2,1-7H3. The molecule has 0 amide bonds. The molecular weight excluding hydrogens is 440 g/mol. The smallest absolute Gasteiger partial charge is 0.0178 e. The Kier molecular flexibility index (Phi) is 5.71. The second kappa shape index (κ2) is 7.93. The molecule has 0 bridgehead atoms. The van der Waals surface area contributed by atoms with Gasteiger partial charge in [0, 0.05) is 4.47 Å². The van der Waals surface area contributed by atoms with E-state index in [4.69, 9.17) is 0 Å². The summed E-state index contributed by atoms with van der Waals surface area (Å²) in [5.41, 5.74) is 10.3. The van der Waals surface area contributed by atoms with Crippen molar-refractivity contribution >= 4 is 15.9 Å². The first-order chi connectivity index (χ1) is 14.4. The van der Waals surface area contributed by atoms with Crippen LogP contribution in [-0.2, 0) is 17.3 Å². The van der Waals surface area contributed by atoms with E-state index in [1.54, 1.807) is 0 Å². The molecule has 1 aliphatic rings. The van der Waals surface area contributed by atoms with Gasteiger partial charge in [-0.1, -0.05) is 113 Å². The highest BCUT2D eigenvalue weighted by Gasteiger charge is 2.30. The number of fused-ring (bicyclic) bond motifs is 3. The number of hydrogen-bond donors (Lipinski definition) is 0. The van der Waals surface area contributed by atoms with E-state index in [1.807, 2.05) is 0 Å². The third-order valence-corrected chi connectivity index (χ3v) is 7.49. The van der Waals surface area contributed by atoms with Crippen molar-refractivity contribution in [1.82, 2.24) is 0 Å². The molecule has 0 heterocycles. The van der Waals surface area contributed by atoms with Crippen molar-refractivity contribution < 1.29 is 0 Å². The Hall–Kier alpha value is -1.86. The van der Waals surface area contributed by atoms with Gasteiger partial charge in [-0.05, 0) is 80.2 Å². The average Bonchev–Trinajstić information content (AvgIpc) is 2.81. The van der Waals surface area contributed by atoms with Gasteiger partial charge in [-0.2, -0.15) is 0 Å². The topological polar surface area (TPSA) is 0 Å². The van der Waals surface area contributed by atoms with Crippen molar-refractivity contribution in [3.05, 3.63) is 93.0 Å². The van der Waals surface area contributed by atoms with Crippen LogP contribution in [0.3, 0.4) is 0 Å². The molecule has 0 aliphatic heterocycles. The zero-order valence-electron chi connectivity index (χ0n) is 20.0. The van der Waals surface area contributed by atoms with E-state index in [1.165, 1.54) is 38.9 Å². The molecule has 0 N–H and O–H groups in total. The molecule has 1 heteroatoms. The lowest BCUT2D eigenvalue weighted by molar-refractivity contribution is 0.574. The Morgan fingerprint density at radius 3 is 1.97 bits per heavy atom. The van der Waals surface area contributed by atoms with Crippen molar-refractivity contribution in [1.29, 1.82) is 0 Å². The lowest BCUT2D eigenvalue weighted by atomic mass is 9.78. The normalized spacial score (nSPS) is 18.8. The lowest BCUT2D eigenvalue weighted by Crippen LogP contribution is -2.13. The van der Waals surface area contributed by atoms with Gasteiger partial charge in [0.2, 0.25) is 0 Å². The first kappa shape index (κ1) is 22.3. The molecule has 0 aromatic heterocycles. The third kappa shape index (κ3) is 4.40. The number of rotatable bonds is 1. The summed E-state index contributed by atoms with van der Waals surface area (Å²) in [6.07, 6.45) is 1.07. The molecular formula is C30H35Br. The zero-order valence-corrected chi connectivity index (χ0v) is 21.6. The van der Waals surface area contributed by atoms with Gasteiger partial charge >= 0.3 is 0 Å². The van der Waals surface area contributed by atoms with E-state index in [2.05, 4.69) is 125 Å². The van der Waals surface area contributed by atoms with Gasteiger partial charge in [0.1, 0.15) is 0 Å². The Labute approximate surface area is 197 Å². The molecule has 3 aromatic carbocycles. The van der Waals surface area contributed by atoms with Gasteiger partial charge in [0.25, 0.3) is 0 Å². The summed E-state index contributed by atoms with van der Waals surface area (Å²) >= 11 is 3.69. The molecule has 0 fully saturated rings. The zero-order chi connectivity index (χ0) is 22.6. The SMILES string of the molecule is CC1c2ccc(C(C)(C)C)cc2-c2cc(C(C)(C)C)ccc2CC1c1cccc(Br)c1. The summed E-state index contributed by atoms with van der Waals surface area (Å²) in [6.45, 7) is 16.3. The minimum atomic E-state index is 0.135. The van der Waals surface area contributed by atoms with Crippen LogP contribution in [0, 0.1) is 0 Å². The Morgan fingerprint density at radius 2 is 1.35 bits per heavy atom. The quantitative estimate of drug-likeness (QED) is 0.329. The van der Waals surface area contributed by atoms with Crippen LogP contribution in [0.5, 0.6) is 0 Å². The molecule has 0 radical (unpaired) electrons. The van der Waals surface area contributed by atoms with Crippen molar-refractivity contribution in [3.63, 3.8) is 0 Å². The fourth-order valence-electron chi connectivity index (χ4n) is 4.90. The van der Waals surface area contributed by atoms with Gasteiger partial charge in [0.15, 0.2) is 0 Å². The molecule has 31 heavy (non-hydrogen) atoms. The van der Waals surface area contributed by atoms with E-state index in [9.17, 15) is 0 Å². The van der Waals surface area contributed by atoms with E-state index < -0.39 is 0 Å². The van der Waals surface area contributed by atoms with E-state index in [-0.39, 0.29) is 10.8 Å². The summed E-state index contributed by atoms with van der Waals surface area (Å²) in [7, 11) is 0. The van der Waals surface area contributed by atoms with Gasteiger partial charge in [0.05, 0.1) is 0 Å². The van der Waals surface area contributed by atoms with Crippen LogP contribution in [0.4, 0.5) is 0 Å². The van der Waals surface area contributed by atoms with Crippen LogP contribution >= 0.6 is 15.9 Å². The molecule has 0 nitrogen and oxygen atoms in total. The molecule has 2 atom stereocenters. The van der Waals surface area contributed by atoms with Gasteiger partial charge < -0.3 is 0 Å². The van der Waals surface area contributed by atoms with Crippen LogP contribution in [-0.4, -0.2) is 0 Å². The Balaban J connectivity index is 1.97. The Morgan fingerprint density at radius 1 is 0.742 bits per heavy atom. The van der Waals surface area contributed by atoms with Crippen molar-refractivity contribution in [2.45, 2.75) is 77.6 Å². The van der Waals surface area contributed by atoms with Crippen LogP contribution < -0.4 is 0 Å². The summed E-state index contributed by atoms with van der Waals surface area (Å²) in [5.74, 6) is 0.905. The first-order valence-electron chi connectivity index (χ1n) is 11.5. The molecule has 3 aromatic rings. The fourth-order valence-corrected chi connectivity index (χ4v) is 5.32. The summed E-state index contributed by atoms with van der Waals surface area (Å²) in [5, 5.41) is 0. The first-order valence-corrected chi connectivity index (χ1v) is 12.3. The van der Waals surface area contributed by atoms with Crippen molar-refractivity contribution in [2.24, 2.45) is 0 Å².